The van der Waals surface area contributed by atoms with E-state index in [4.69, 9.17) is 4.74 Å². The van der Waals surface area contributed by atoms with Gasteiger partial charge >= 0.3 is 0 Å². The van der Waals surface area contributed by atoms with Crippen molar-refractivity contribution in [2.24, 2.45) is 0 Å². The Bertz CT molecular complexity index is 860. The Balaban J connectivity index is 1.59. The van der Waals surface area contributed by atoms with Crippen LogP contribution >= 0.6 is 0 Å². The van der Waals surface area contributed by atoms with Gasteiger partial charge in [-0.1, -0.05) is 12.1 Å². The Labute approximate surface area is 146 Å². The minimum Gasteiger partial charge on any atom is -0.492 e. The molecule has 0 atom stereocenters. The second-order valence-corrected chi connectivity index (χ2v) is 6.33. The van der Waals surface area contributed by atoms with Gasteiger partial charge in [-0.25, -0.2) is 0 Å². The summed E-state index contributed by atoms with van der Waals surface area (Å²) in [7, 11) is 0. The lowest BCUT2D eigenvalue weighted by molar-refractivity contribution is -0.118. The average Bonchev–Trinajstić information content (AvgIpc) is 3.10. The number of aryl methyl sites for hydroxylation is 1. The number of rotatable bonds is 3. The van der Waals surface area contributed by atoms with Crippen LogP contribution in [0.4, 0.5) is 11.4 Å². The zero-order chi connectivity index (χ0) is 17.4. The van der Waals surface area contributed by atoms with Gasteiger partial charge in [0.25, 0.3) is 5.91 Å². The first kappa shape index (κ1) is 15.7. The number of hydrogen-bond acceptors (Lipinski definition) is 3. The first-order valence-electron chi connectivity index (χ1n) is 8.66. The second kappa shape index (κ2) is 6.24. The van der Waals surface area contributed by atoms with E-state index >= 15 is 0 Å². The maximum Gasteiger partial charge on any atom is 0.259 e. The van der Waals surface area contributed by atoms with E-state index in [1.54, 1.807) is 11.0 Å². The van der Waals surface area contributed by atoms with Crippen molar-refractivity contribution in [1.82, 2.24) is 0 Å². The van der Waals surface area contributed by atoms with E-state index in [2.05, 4.69) is 5.32 Å². The maximum atomic E-state index is 12.7. The number of nitrogens with one attached hydrogen (secondary N) is 1. The molecule has 1 N–H and O–H groups in total. The second-order valence-electron chi connectivity index (χ2n) is 6.33. The molecule has 0 bridgehead atoms. The van der Waals surface area contributed by atoms with Crippen LogP contribution in [0.3, 0.4) is 0 Å². The minimum atomic E-state index is -0.169. The molecule has 25 heavy (non-hydrogen) atoms. The normalized spacial score (nSPS) is 15.4. The molecule has 0 fully saturated rings. The molecule has 5 nitrogen and oxygen atoms in total. The molecule has 0 saturated carbocycles. The SMILES string of the molecule is CCN1C(=O)CCc2cc(NC(=O)c3cccc4c3OCC4)ccc21. The van der Waals surface area contributed by atoms with Crippen molar-refractivity contribution in [3.63, 3.8) is 0 Å². The Hall–Kier alpha value is -2.82. The fourth-order valence-corrected chi connectivity index (χ4v) is 3.58. The number of ether oxygens (including phenoxy) is 1. The van der Waals surface area contributed by atoms with Gasteiger partial charge in [-0.2, -0.15) is 0 Å². The van der Waals surface area contributed by atoms with Gasteiger partial charge < -0.3 is 15.0 Å². The maximum absolute atomic E-state index is 12.7. The summed E-state index contributed by atoms with van der Waals surface area (Å²) in [6.45, 7) is 3.25. The molecule has 128 valence electrons. The molecule has 2 aromatic carbocycles. The zero-order valence-corrected chi connectivity index (χ0v) is 14.2. The van der Waals surface area contributed by atoms with Crippen molar-refractivity contribution in [1.29, 1.82) is 0 Å². The molecular weight excluding hydrogens is 316 g/mol. The van der Waals surface area contributed by atoms with E-state index in [1.165, 1.54) is 0 Å². The number of hydrogen-bond donors (Lipinski definition) is 1. The molecule has 0 aromatic heterocycles. The fourth-order valence-electron chi connectivity index (χ4n) is 3.58. The van der Waals surface area contributed by atoms with Gasteiger partial charge in [0.05, 0.1) is 12.2 Å². The Kier molecular flexibility index (Phi) is 3.92. The van der Waals surface area contributed by atoms with Gasteiger partial charge in [0, 0.05) is 30.8 Å². The van der Waals surface area contributed by atoms with Crippen molar-refractivity contribution >= 4 is 23.2 Å². The molecule has 2 aliphatic heterocycles. The van der Waals surface area contributed by atoms with Crippen LogP contribution in [0.2, 0.25) is 0 Å². The highest BCUT2D eigenvalue weighted by Gasteiger charge is 2.24. The number of fused-ring (bicyclic) bond motifs is 2. The molecule has 4 rings (SSSR count). The highest BCUT2D eigenvalue weighted by Crippen LogP contribution is 2.32. The van der Waals surface area contributed by atoms with Crippen molar-refractivity contribution in [2.45, 2.75) is 26.2 Å². The van der Waals surface area contributed by atoms with Crippen LogP contribution in [0, 0.1) is 0 Å². The van der Waals surface area contributed by atoms with E-state index < -0.39 is 0 Å². The van der Waals surface area contributed by atoms with Gasteiger partial charge in [-0.15, -0.1) is 0 Å². The van der Waals surface area contributed by atoms with E-state index in [-0.39, 0.29) is 11.8 Å². The third-order valence-electron chi connectivity index (χ3n) is 4.81. The van der Waals surface area contributed by atoms with Gasteiger partial charge in [0.15, 0.2) is 0 Å². The molecule has 2 aromatic rings. The molecule has 2 aliphatic rings. The average molecular weight is 336 g/mol. The molecule has 2 amide bonds. The Morgan fingerprint density at radius 3 is 2.88 bits per heavy atom. The van der Waals surface area contributed by atoms with Gasteiger partial charge in [0.1, 0.15) is 5.75 Å². The van der Waals surface area contributed by atoms with Gasteiger partial charge in [0.2, 0.25) is 5.91 Å². The lowest BCUT2D eigenvalue weighted by atomic mass is 10.00. The largest absolute Gasteiger partial charge is 0.492 e. The monoisotopic (exact) mass is 336 g/mol. The summed E-state index contributed by atoms with van der Waals surface area (Å²) < 4.78 is 5.61. The van der Waals surface area contributed by atoms with Crippen LogP contribution in [0.25, 0.3) is 0 Å². The van der Waals surface area contributed by atoms with Crippen LogP contribution in [0.1, 0.15) is 34.8 Å². The number of carbonyl (C=O) groups is 2. The van der Waals surface area contributed by atoms with Crippen LogP contribution in [-0.2, 0) is 17.6 Å². The topological polar surface area (TPSA) is 58.6 Å². The smallest absolute Gasteiger partial charge is 0.259 e. The minimum absolute atomic E-state index is 0.156. The highest BCUT2D eigenvalue weighted by molar-refractivity contribution is 6.07. The first-order chi connectivity index (χ1) is 12.2. The summed E-state index contributed by atoms with van der Waals surface area (Å²) in [4.78, 5) is 26.4. The molecule has 0 saturated heterocycles. The summed E-state index contributed by atoms with van der Waals surface area (Å²) in [6, 6.07) is 11.4. The quantitative estimate of drug-likeness (QED) is 0.936. The molecule has 5 heteroatoms. The Morgan fingerprint density at radius 2 is 2.04 bits per heavy atom. The number of amides is 2. The number of benzene rings is 2. The summed E-state index contributed by atoms with van der Waals surface area (Å²) >= 11 is 0. The molecule has 0 unspecified atom stereocenters. The lowest BCUT2D eigenvalue weighted by Crippen LogP contribution is -2.34. The van der Waals surface area contributed by atoms with Crippen LogP contribution in [0.5, 0.6) is 5.75 Å². The first-order valence-corrected chi connectivity index (χ1v) is 8.66. The molecular formula is C20H20N2O3. The van der Waals surface area contributed by atoms with Crippen LogP contribution in [0.15, 0.2) is 36.4 Å². The lowest BCUT2D eigenvalue weighted by Gasteiger charge is -2.28. The third kappa shape index (κ3) is 2.76. The fraction of sp³-hybridized carbons (Fsp3) is 0.300. The van der Waals surface area contributed by atoms with E-state index in [0.29, 0.717) is 37.3 Å². The highest BCUT2D eigenvalue weighted by atomic mass is 16.5. The molecule has 2 heterocycles. The van der Waals surface area contributed by atoms with Gasteiger partial charge in [-0.3, -0.25) is 9.59 Å². The predicted octanol–water partition coefficient (Wildman–Crippen LogP) is 3.17. The number of nitrogens with zero attached hydrogens (tertiary/aromatic N) is 1. The zero-order valence-electron chi connectivity index (χ0n) is 14.2. The summed E-state index contributed by atoms with van der Waals surface area (Å²) in [5, 5.41) is 2.96. The number of carbonyl (C=O) groups excluding carboxylic acids is 2. The molecule has 0 spiro atoms. The van der Waals surface area contributed by atoms with Crippen molar-refractivity contribution in [3.8, 4) is 5.75 Å². The van der Waals surface area contributed by atoms with E-state index in [9.17, 15) is 9.59 Å². The Morgan fingerprint density at radius 1 is 1.16 bits per heavy atom. The van der Waals surface area contributed by atoms with E-state index in [1.807, 2.05) is 37.3 Å². The van der Waals surface area contributed by atoms with Crippen molar-refractivity contribution in [3.05, 3.63) is 53.1 Å². The summed E-state index contributed by atoms with van der Waals surface area (Å²) in [5.41, 5.74) is 4.42. The van der Waals surface area contributed by atoms with Crippen molar-refractivity contribution in [2.75, 3.05) is 23.4 Å². The summed E-state index contributed by atoms with van der Waals surface area (Å²) in [5.74, 6) is 0.683. The van der Waals surface area contributed by atoms with Crippen molar-refractivity contribution < 1.29 is 14.3 Å². The van der Waals surface area contributed by atoms with E-state index in [0.717, 1.165) is 28.9 Å². The third-order valence-corrected chi connectivity index (χ3v) is 4.81. The molecule has 0 radical (unpaired) electrons. The van der Waals surface area contributed by atoms with Crippen LogP contribution in [-0.4, -0.2) is 25.0 Å². The number of para-hydroxylation sites is 1. The standard InChI is InChI=1S/C20H20N2O3/c1-2-22-17-8-7-15(12-14(17)6-9-18(22)23)21-20(24)16-5-3-4-13-10-11-25-19(13)16/h3-5,7-8,12H,2,6,9-11H2,1H3,(H,21,24). The predicted molar refractivity (Wildman–Crippen MR) is 96.4 cm³/mol. The van der Waals surface area contributed by atoms with Gasteiger partial charge in [-0.05, 0) is 48.7 Å². The summed E-state index contributed by atoms with van der Waals surface area (Å²) in [6.07, 6.45) is 2.06. The number of anilines is 2. The van der Waals surface area contributed by atoms with Crippen LogP contribution < -0.4 is 15.0 Å². The molecule has 0 aliphatic carbocycles.